The topological polar surface area (TPSA) is 17.1 Å². The van der Waals surface area contributed by atoms with Gasteiger partial charge in [-0.15, -0.1) is 0 Å². The van der Waals surface area contributed by atoms with Crippen LogP contribution >= 0.6 is 0 Å². The number of carbonyl (C=O) groups excluding carboxylic acids is 1. The van der Waals surface area contributed by atoms with Crippen molar-refractivity contribution in [1.29, 1.82) is 0 Å². The fraction of sp³-hybridized carbons (Fsp3) is 0.700. The Morgan fingerprint density at radius 3 is 3.00 bits per heavy atom. The van der Waals surface area contributed by atoms with Crippen molar-refractivity contribution in [2.45, 2.75) is 26.2 Å². The second-order valence-corrected chi connectivity index (χ2v) is 3.79. The van der Waals surface area contributed by atoms with Crippen molar-refractivity contribution in [1.82, 2.24) is 0 Å². The van der Waals surface area contributed by atoms with Gasteiger partial charge in [0.25, 0.3) is 0 Å². The third-order valence-electron chi connectivity index (χ3n) is 3.09. The number of allylic oxidation sites excluding steroid dienone is 2. The standard InChI is InChI=1S/C10H14O/c1-7-5-6-9-8(7)3-2-4-10(9)11/h5-9H,2-4H2,1H3. The summed E-state index contributed by atoms with van der Waals surface area (Å²) in [6.45, 7) is 2.22. The highest BCUT2D eigenvalue weighted by Gasteiger charge is 2.35. The maximum absolute atomic E-state index is 11.4. The molecule has 11 heavy (non-hydrogen) atoms. The minimum Gasteiger partial charge on any atom is -0.299 e. The largest absolute Gasteiger partial charge is 0.299 e. The first-order valence-electron chi connectivity index (χ1n) is 4.50. The van der Waals surface area contributed by atoms with E-state index in [-0.39, 0.29) is 0 Å². The van der Waals surface area contributed by atoms with Gasteiger partial charge in [0.2, 0.25) is 0 Å². The van der Waals surface area contributed by atoms with Crippen LogP contribution in [0.1, 0.15) is 26.2 Å². The number of hydrogen-bond acceptors (Lipinski definition) is 1. The molecule has 2 rings (SSSR count). The molecular formula is C10H14O. The average molecular weight is 150 g/mol. The van der Waals surface area contributed by atoms with E-state index in [0.29, 0.717) is 23.5 Å². The molecule has 1 heteroatoms. The van der Waals surface area contributed by atoms with Crippen molar-refractivity contribution in [2.75, 3.05) is 0 Å². The molecule has 0 amide bonds. The van der Waals surface area contributed by atoms with Crippen molar-refractivity contribution >= 4 is 5.78 Å². The Morgan fingerprint density at radius 1 is 1.45 bits per heavy atom. The third kappa shape index (κ3) is 1.03. The Morgan fingerprint density at radius 2 is 2.27 bits per heavy atom. The molecule has 0 radical (unpaired) electrons. The zero-order valence-corrected chi connectivity index (χ0v) is 6.92. The van der Waals surface area contributed by atoms with Gasteiger partial charge in [-0.25, -0.2) is 0 Å². The van der Waals surface area contributed by atoms with Crippen LogP contribution < -0.4 is 0 Å². The molecule has 3 unspecified atom stereocenters. The van der Waals surface area contributed by atoms with Crippen molar-refractivity contribution in [3.63, 3.8) is 0 Å². The van der Waals surface area contributed by atoms with Crippen molar-refractivity contribution in [2.24, 2.45) is 17.8 Å². The first-order chi connectivity index (χ1) is 5.29. The normalized spacial score (nSPS) is 42.6. The Hall–Kier alpha value is -0.590. The van der Waals surface area contributed by atoms with E-state index >= 15 is 0 Å². The predicted octanol–water partition coefficient (Wildman–Crippen LogP) is 2.18. The van der Waals surface area contributed by atoms with Crippen LogP contribution in [0.25, 0.3) is 0 Å². The third-order valence-corrected chi connectivity index (χ3v) is 3.09. The second kappa shape index (κ2) is 2.47. The molecule has 0 saturated heterocycles. The lowest BCUT2D eigenvalue weighted by molar-refractivity contribution is -0.124. The van der Waals surface area contributed by atoms with Crippen molar-refractivity contribution in [3.8, 4) is 0 Å². The van der Waals surface area contributed by atoms with E-state index in [0.717, 1.165) is 12.8 Å². The van der Waals surface area contributed by atoms with Gasteiger partial charge in [-0.05, 0) is 24.7 Å². The summed E-state index contributed by atoms with van der Waals surface area (Å²) >= 11 is 0. The second-order valence-electron chi connectivity index (χ2n) is 3.79. The molecule has 0 aromatic heterocycles. The smallest absolute Gasteiger partial charge is 0.140 e. The van der Waals surface area contributed by atoms with Gasteiger partial charge in [0.05, 0.1) is 0 Å². The van der Waals surface area contributed by atoms with Gasteiger partial charge >= 0.3 is 0 Å². The molecule has 3 atom stereocenters. The molecular weight excluding hydrogens is 136 g/mol. The van der Waals surface area contributed by atoms with Gasteiger partial charge in [-0.3, -0.25) is 4.79 Å². The zero-order valence-electron chi connectivity index (χ0n) is 6.92. The number of Topliss-reactive ketones (excluding diaryl/α,β-unsaturated/α-hetero) is 1. The summed E-state index contributed by atoms with van der Waals surface area (Å²) in [5.74, 6) is 2.06. The number of fused-ring (bicyclic) bond motifs is 1. The number of hydrogen-bond donors (Lipinski definition) is 0. The van der Waals surface area contributed by atoms with Crippen LogP contribution in [-0.2, 0) is 4.79 Å². The minimum absolute atomic E-state index is 0.291. The summed E-state index contributed by atoms with van der Waals surface area (Å²) in [5.41, 5.74) is 0. The summed E-state index contributed by atoms with van der Waals surface area (Å²) in [6.07, 6.45) is 7.52. The van der Waals surface area contributed by atoms with Gasteiger partial charge in [-0.2, -0.15) is 0 Å². The predicted molar refractivity (Wildman–Crippen MR) is 44.1 cm³/mol. The maximum atomic E-state index is 11.4. The molecule has 1 nitrogen and oxygen atoms in total. The van der Waals surface area contributed by atoms with E-state index in [1.807, 2.05) is 0 Å². The zero-order chi connectivity index (χ0) is 7.84. The summed E-state index contributed by atoms with van der Waals surface area (Å²) in [5, 5.41) is 0. The quantitative estimate of drug-likeness (QED) is 0.484. The molecule has 0 aliphatic heterocycles. The summed E-state index contributed by atoms with van der Waals surface area (Å²) < 4.78 is 0. The Kier molecular flexibility index (Phi) is 1.59. The first-order valence-corrected chi connectivity index (χ1v) is 4.50. The molecule has 0 bridgehead atoms. The number of ketones is 1. The van der Waals surface area contributed by atoms with Gasteiger partial charge < -0.3 is 0 Å². The molecule has 0 aromatic carbocycles. The van der Waals surface area contributed by atoms with E-state index in [9.17, 15) is 4.79 Å². The monoisotopic (exact) mass is 150 g/mol. The van der Waals surface area contributed by atoms with Gasteiger partial charge in [0.15, 0.2) is 0 Å². The molecule has 1 fully saturated rings. The molecule has 0 N–H and O–H groups in total. The van der Waals surface area contributed by atoms with E-state index in [1.54, 1.807) is 0 Å². The highest BCUT2D eigenvalue weighted by molar-refractivity contribution is 5.84. The van der Waals surface area contributed by atoms with Gasteiger partial charge in [0, 0.05) is 12.3 Å². The summed E-state index contributed by atoms with van der Waals surface area (Å²) in [4.78, 5) is 11.4. The Labute approximate surface area is 67.5 Å². The van der Waals surface area contributed by atoms with Crippen LogP contribution in [0.2, 0.25) is 0 Å². The van der Waals surface area contributed by atoms with E-state index in [1.165, 1.54) is 6.42 Å². The maximum Gasteiger partial charge on any atom is 0.140 e. The summed E-state index contributed by atoms with van der Waals surface area (Å²) in [7, 11) is 0. The molecule has 60 valence electrons. The van der Waals surface area contributed by atoms with Gasteiger partial charge in [-0.1, -0.05) is 19.1 Å². The highest BCUT2D eigenvalue weighted by Crippen LogP contribution is 2.39. The Balaban J connectivity index is 2.18. The van der Waals surface area contributed by atoms with Crippen LogP contribution in [0.15, 0.2) is 12.2 Å². The summed E-state index contributed by atoms with van der Waals surface area (Å²) in [6, 6.07) is 0. The first kappa shape index (κ1) is 7.08. The minimum atomic E-state index is 0.291. The molecule has 0 spiro atoms. The molecule has 0 aromatic rings. The SMILES string of the molecule is CC1C=CC2C(=O)CCCC12. The molecule has 2 aliphatic rings. The van der Waals surface area contributed by atoms with Crippen LogP contribution in [0, 0.1) is 17.8 Å². The van der Waals surface area contributed by atoms with Crippen LogP contribution in [0.3, 0.4) is 0 Å². The average Bonchev–Trinajstić information content (AvgIpc) is 2.35. The van der Waals surface area contributed by atoms with Crippen molar-refractivity contribution < 1.29 is 4.79 Å². The number of carbonyl (C=O) groups is 1. The fourth-order valence-corrected chi connectivity index (χ4v) is 2.37. The van der Waals surface area contributed by atoms with Crippen LogP contribution in [0.5, 0.6) is 0 Å². The van der Waals surface area contributed by atoms with Crippen LogP contribution in [-0.4, -0.2) is 5.78 Å². The highest BCUT2D eigenvalue weighted by atomic mass is 16.1. The van der Waals surface area contributed by atoms with Crippen LogP contribution in [0.4, 0.5) is 0 Å². The van der Waals surface area contributed by atoms with E-state index < -0.39 is 0 Å². The molecule has 0 heterocycles. The fourth-order valence-electron chi connectivity index (χ4n) is 2.37. The van der Waals surface area contributed by atoms with Gasteiger partial charge in [0.1, 0.15) is 5.78 Å². The van der Waals surface area contributed by atoms with E-state index in [2.05, 4.69) is 19.1 Å². The van der Waals surface area contributed by atoms with E-state index in [4.69, 9.17) is 0 Å². The Bertz CT molecular complexity index is 205. The lowest BCUT2D eigenvalue weighted by atomic mass is 9.77. The lowest BCUT2D eigenvalue weighted by Gasteiger charge is -2.26. The molecule has 1 saturated carbocycles. The van der Waals surface area contributed by atoms with Crippen molar-refractivity contribution in [3.05, 3.63) is 12.2 Å². The molecule has 2 aliphatic carbocycles. The number of rotatable bonds is 0. The lowest BCUT2D eigenvalue weighted by Crippen LogP contribution is -2.26.